The zero-order valence-electron chi connectivity index (χ0n) is 13.8. The molecule has 0 spiro atoms. The molecule has 0 aliphatic heterocycles. The molecule has 0 aromatic heterocycles. The van der Waals surface area contributed by atoms with Crippen molar-refractivity contribution >= 4 is 23.6 Å². The Labute approximate surface area is 137 Å². The average molecular weight is 322 g/mol. The second kappa shape index (κ2) is 9.51. The average Bonchev–Trinajstić information content (AvgIpc) is 2.44. The maximum Gasteiger partial charge on any atom is 0.233 e. The number of carbonyl (C=O) groups is 2. The summed E-state index contributed by atoms with van der Waals surface area (Å²) in [7, 11) is 0. The topological polar surface area (TPSA) is 58.2 Å². The van der Waals surface area contributed by atoms with E-state index in [-0.39, 0.29) is 29.0 Å². The van der Waals surface area contributed by atoms with Gasteiger partial charge in [0.05, 0.1) is 5.25 Å². The predicted molar refractivity (Wildman–Crippen MR) is 91.8 cm³/mol. The Bertz CT molecular complexity index is 475. The van der Waals surface area contributed by atoms with Crippen LogP contribution in [0, 0.1) is 5.92 Å². The molecule has 0 aliphatic rings. The Morgan fingerprint density at radius 3 is 2.27 bits per heavy atom. The maximum atomic E-state index is 12.3. The van der Waals surface area contributed by atoms with Gasteiger partial charge in [-0.3, -0.25) is 9.59 Å². The van der Waals surface area contributed by atoms with E-state index < -0.39 is 0 Å². The van der Waals surface area contributed by atoms with Crippen molar-refractivity contribution in [1.82, 2.24) is 10.6 Å². The van der Waals surface area contributed by atoms with Crippen LogP contribution >= 0.6 is 11.8 Å². The zero-order valence-corrected chi connectivity index (χ0v) is 14.6. The highest BCUT2D eigenvalue weighted by Crippen LogP contribution is 2.27. The normalized spacial score (nSPS) is 12.3. The van der Waals surface area contributed by atoms with Gasteiger partial charge < -0.3 is 10.6 Å². The third kappa shape index (κ3) is 6.98. The fourth-order valence-electron chi connectivity index (χ4n) is 1.93. The van der Waals surface area contributed by atoms with Crippen LogP contribution in [0.25, 0.3) is 0 Å². The lowest BCUT2D eigenvalue weighted by Crippen LogP contribution is -2.38. The van der Waals surface area contributed by atoms with Crippen LogP contribution < -0.4 is 10.6 Å². The Hall–Kier alpha value is -1.49. The van der Waals surface area contributed by atoms with E-state index in [0.29, 0.717) is 13.0 Å². The molecule has 0 saturated heterocycles. The first-order chi connectivity index (χ1) is 10.4. The molecule has 0 bridgehead atoms. The minimum Gasteiger partial charge on any atom is -0.355 e. The van der Waals surface area contributed by atoms with Gasteiger partial charge in [-0.25, -0.2) is 0 Å². The molecule has 1 aromatic carbocycles. The second-order valence-corrected chi connectivity index (χ2v) is 7.07. The van der Waals surface area contributed by atoms with Gasteiger partial charge in [-0.1, -0.05) is 32.0 Å². The molecular weight excluding hydrogens is 296 g/mol. The van der Waals surface area contributed by atoms with E-state index in [0.717, 1.165) is 4.90 Å². The van der Waals surface area contributed by atoms with Crippen LogP contribution in [0.15, 0.2) is 35.2 Å². The van der Waals surface area contributed by atoms with E-state index in [1.54, 1.807) is 11.8 Å². The minimum atomic E-state index is -0.157. The molecule has 5 heteroatoms. The quantitative estimate of drug-likeness (QED) is 0.724. The molecule has 0 saturated carbocycles. The summed E-state index contributed by atoms with van der Waals surface area (Å²) >= 11 is 1.56. The number of hydrogen-bond acceptors (Lipinski definition) is 3. The van der Waals surface area contributed by atoms with E-state index in [4.69, 9.17) is 0 Å². The number of amides is 2. The molecule has 122 valence electrons. The van der Waals surface area contributed by atoms with Gasteiger partial charge in [-0.05, 0) is 31.9 Å². The number of benzene rings is 1. The molecule has 2 N–H and O–H groups in total. The van der Waals surface area contributed by atoms with Crippen molar-refractivity contribution in [3.63, 3.8) is 0 Å². The van der Waals surface area contributed by atoms with Crippen molar-refractivity contribution in [2.24, 2.45) is 5.92 Å². The van der Waals surface area contributed by atoms with E-state index in [9.17, 15) is 9.59 Å². The fourth-order valence-corrected chi connectivity index (χ4v) is 3.00. The summed E-state index contributed by atoms with van der Waals surface area (Å²) in [6.07, 6.45) is 0.310. The van der Waals surface area contributed by atoms with Crippen LogP contribution in [-0.4, -0.2) is 29.7 Å². The molecule has 0 heterocycles. The van der Waals surface area contributed by atoms with Gasteiger partial charge in [-0.2, -0.15) is 0 Å². The number of hydrogen-bond donors (Lipinski definition) is 2. The molecule has 0 unspecified atom stereocenters. The third-order valence-corrected chi connectivity index (χ3v) is 4.53. The van der Waals surface area contributed by atoms with Gasteiger partial charge in [0.1, 0.15) is 0 Å². The minimum absolute atomic E-state index is 0.0128. The smallest absolute Gasteiger partial charge is 0.233 e. The molecule has 0 aliphatic carbocycles. The van der Waals surface area contributed by atoms with Crippen molar-refractivity contribution in [3.05, 3.63) is 30.3 Å². The van der Waals surface area contributed by atoms with Crippen LogP contribution in [-0.2, 0) is 9.59 Å². The lowest BCUT2D eigenvalue weighted by molar-refractivity contribution is -0.122. The number of thioether (sulfide) groups is 1. The van der Waals surface area contributed by atoms with Crippen molar-refractivity contribution in [2.45, 2.75) is 50.3 Å². The first-order valence-corrected chi connectivity index (χ1v) is 8.57. The Kier molecular flexibility index (Phi) is 8.02. The summed E-state index contributed by atoms with van der Waals surface area (Å²) < 4.78 is 0. The van der Waals surface area contributed by atoms with Gasteiger partial charge in [0, 0.05) is 23.9 Å². The summed E-state index contributed by atoms with van der Waals surface area (Å²) in [5.41, 5.74) is 0. The summed E-state index contributed by atoms with van der Waals surface area (Å²) in [5, 5.41) is 5.52. The van der Waals surface area contributed by atoms with Gasteiger partial charge in [0.2, 0.25) is 11.8 Å². The van der Waals surface area contributed by atoms with Gasteiger partial charge >= 0.3 is 0 Å². The molecule has 2 amide bonds. The summed E-state index contributed by atoms with van der Waals surface area (Å²) in [6, 6.07) is 10.0. The number of carbonyl (C=O) groups excluding carboxylic acids is 2. The second-order valence-electron chi connectivity index (χ2n) is 5.86. The lowest BCUT2D eigenvalue weighted by atomic mass is 10.1. The largest absolute Gasteiger partial charge is 0.355 e. The first kappa shape index (κ1) is 18.6. The standard InChI is InChI=1S/C17H26N2O2S/c1-12(2)16(22-14-8-6-5-7-9-14)17(21)18-11-10-15(20)19-13(3)4/h5-9,12-13,16H,10-11H2,1-4H3,(H,18,21)(H,19,20)/t16-/m0/s1. The highest BCUT2D eigenvalue weighted by atomic mass is 32.2. The van der Waals surface area contributed by atoms with Crippen LogP contribution in [0.4, 0.5) is 0 Å². The van der Waals surface area contributed by atoms with E-state index in [1.165, 1.54) is 0 Å². The van der Waals surface area contributed by atoms with E-state index in [2.05, 4.69) is 10.6 Å². The molecule has 0 radical (unpaired) electrons. The van der Waals surface area contributed by atoms with Crippen LogP contribution in [0.2, 0.25) is 0 Å². The van der Waals surface area contributed by atoms with Crippen LogP contribution in [0.1, 0.15) is 34.1 Å². The monoisotopic (exact) mass is 322 g/mol. The molecule has 4 nitrogen and oxygen atoms in total. The predicted octanol–water partition coefficient (Wildman–Crippen LogP) is 2.83. The molecule has 1 rings (SSSR count). The zero-order chi connectivity index (χ0) is 16.5. The van der Waals surface area contributed by atoms with Gasteiger partial charge in [-0.15, -0.1) is 11.8 Å². The van der Waals surface area contributed by atoms with Crippen LogP contribution in [0.5, 0.6) is 0 Å². The SMILES string of the molecule is CC(C)NC(=O)CCNC(=O)[C@@H](Sc1ccccc1)C(C)C. The Morgan fingerprint density at radius 1 is 1.09 bits per heavy atom. The summed E-state index contributed by atoms with van der Waals surface area (Å²) in [4.78, 5) is 25.0. The lowest BCUT2D eigenvalue weighted by Gasteiger charge is -2.20. The highest BCUT2D eigenvalue weighted by molar-refractivity contribution is 8.00. The van der Waals surface area contributed by atoms with Gasteiger partial charge in [0.15, 0.2) is 0 Å². The Morgan fingerprint density at radius 2 is 1.73 bits per heavy atom. The molecule has 22 heavy (non-hydrogen) atoms. The fraction of sp³-hybridized carbons (Fsp3) is 0.529. The Balaban J connectivity index is 2.47. The van der Waals surface area contributed by atoms with Crippen LogP contribution in [0.3, 0.4) is 0 Å². The molecule has 1 aromatic rings. The highest BCUT2D eigenvalue weighted by Gasteiger charge is 2.23. The molecular formula is C17H26N2O2S. The molecule has 0 fully saturated rings. The van der Waals surface area contributed by atoms with Crippen molar-refractivity contribution < 1.29 is 9.59 Å². The number of nitrogens with one attached hydrogen (secondary N) is 2. The van der Waals surface area contributed by atoms with E-state index in [1.807, 2.05) is 58.0 Å². The van der Waals surface area contributed by atoms with Gasteiger partial charge in [0.25, 0.3) is 0 Å². The van der Waals surface area contributed by atoms with Crippen molar-refractivity contribution in [3.8, 4) is 0 Å². The summed E-state index contributed by atoms with van der Waals surface area (Å²) in [6.45, 7) is 8.27. The maximum absolute atomic E-state index is 12.3. The third-order valence-electron chi connectivity index (χ3n) is 2.97. The van der Waals surface area contributed by atoms with Crippen molar-refractivity contribution in [1.29, 1.82) is 0 Å². The first-order valence-electron chi connectivity index (χ1n) is 7.69. The number of rotatable bonds is 8. The van der Waals surface area contributed by atoms with Crippen molar-refractivity contribution in [2.75, 3.05) is 6.54 Å². The van der Waals surface area contributed by atoms with E-state index >= 15 is 0 Å². The summed E-state index contributed by atoms with van der Waals surface area (Å²) in [5.74, 6) is 0.169. The molecule has 1 atom stereocenters.